The maximum Gasteiger partial charge on any atom is 0.399 e. The van der Waals surface area contributed by atoms with Gasteiger partial charge in [-0.1, -0.05) is 18.9 Å². The maximum atomic E-state index is 14.2. The van der Waals surface area contributed by atoms with Crippen molar-refractivity contribution >= 4 is 46.7 Å². The predicted molar refractivity (Wildman–Crippen MR) is 154 cm³/mol. The van der Waals surface area contributed by atoms with Crippen molar-refractivity contribution in [3.8, 4) is 0 Å². The minimum absolute atomic E-state index is 0.0783. The van der Waals surface area contributed by atoms with Gasteiger partial charge in [0.25, 0.3) is 5.91 Å². The van der Waals surface area contributed by atoms with E-state index in [1.807, 2.05) is 17.8 Å². The molecule has 5 heterocycles. The van der Waals surface area contributed by atoms with Crippen LogP contribution in [0, 0.1) is 6.92 Å². The average molecular weight is 636 g/mol. The van der Waals surface area contributed by atoms with Crippen LogP contribution in [-0.4, -0.2) is 78.3 Å². The van der Waals surface area contributed by atoms with Crippen molar-refractivity contribution in [1.29, 1.82) is 0 Å². The Hall–Kier alpha value is -3.19. The lowest BCUT2D eigenvalue weighted by atomic mass is 9.98. The van der Waals surface area contributed by atoms with Crippen molar-refractivity contribution in [3.63, 3.8) is 0 Å². The summed E-state index contributed by atoms with van der Waals surface area (Å²) in [6, 6.07) is 3.13. The first-order chi connectivity index (χ1) is 20.3. The molecule has 3 N–H and O–H groups in total. The number of thiophene rings is 1. The molecule has 43 heavy (non-hydrogen) atoms. The van der Waals surface area contributed by atoms with E-state index in [-0.39, 0.29) is 34.2 Å². The molecule has 2 aromatic heterocycles. The van der Waals surface area contributed by atoms with Gasteiger partial charge in [-0.25, -0.2) is 0 Å². The molecule has 3 aromatic rings. The van der Waals surface area contributed by atoms with Crippen LogP contribution < -0.4 is 5.32 Å². The summed E-state index contributed by atoms with van der Waals surface area (Å²) in [7, 11) is -5.74. The van der Waals surface area contributed by atoms with Crippen LogP contribution in [0.4, 0.5) is 8.78 Å². The molecule has 230 valence electrons. The van der Waals surface area contributed by atoms with Crippen LogP contribution in [0.2, 0.25) is 0 Å². The quantitative estimate of drug-likeness (QED) is 0.350. The fourth-order valence-corrected chi connectivity index (χ4v) is 7.72. The topological polar surface area (TPSA) is 145 Å². The molecule has 3 aliphatic heterocycles. The van der Waals surface area contributed by atoms with Crippen LogP contribution >= 0.6 is 18.9 Å². The van der Waals surface area contributed by atoms with E-state index in [0.29, 0.717) is 30.6 Å². The van der Waals surface area contributed by atoms with Crippen LogP contribution in [-0.2, 0) is 19.8 Å². The Bertz CT molecular complexity index is 1630. The molecule has 3 fully saturated rings. The molecule has 3 aliphatic rings. The minimum Gasteiger partial charge on any atom is -0.340 e. The van der Waals surface area contributed by atoms with E-state index in [1.54, 1.807) is 16.0 Å². The Balaban J connectivity index is 1.16. The van der Waals surface area contributed by atoms with Crippen LogP contribution in [0.5, 0.6) is 0 Å². The van der Waals surface area contributed by atoms with E-state index in [0.717, 1.165) is 54.7 Å². The van der Waals surface area contributed by atoms with Crippen LogP contribution in [0.15, 0.2) is 36.7 Å². The molecule has 3 amide bonds. The Labute approximate surface area is 250 Å². The number of alkyl halides is 2. The lowest BCUT2D eigenvalue weighted by Crippen LogP contribution is -2.60. The van der Waals surface area contributed by atoms with Gasteiger partial charge in [0.15, 0.2) is 0 Å². The van der Waals surface area contributed by atoms with Gasteiger partial charge in [0.05, 0.1) is 17.1 Å². The highest BCUT2D eigenvalue weighted by Gasteiger charge is 2.50. The van der Waals surface area contributed by atoms with Gasteiger partial charge in [-0.3, -0.25) is 23.6 Å². The van der Waals surface area contributed by atoms with Gasteiger partial charge in [-0.15, -0.1) is 11.3 Å². The second kappa shape index (κ2) is 11.1. The normalized spacial score (nSPS) is 23.6. The van der Waals surface area contributed by atoms with Gasteiger partial charge in [-0.2, -0.15) is 13.9 Å². The third-order valence-electron chi connectivity index (χ3n) is 8.66. The van der Waals surface area contributed by atoms with Gasteiger partial charge < -0.3 is 24.9 Å². The number of hydrogen-bond donors (Lipinski definition) is 3. The number of amides is 3. The average Bonchev–Trinajstić information content (AvgIpc) is 3.65. The number of benzene rings is 1. The van der Waals surface area contributed by atoms with Gasteiger partial charge in [-0.05, 0) is 61.8 Å². The lowest BCUT2D eigenvalue weighted by molar-refractivity contribution is -0.150. The number of fused-ring (bicyclic) bond motifs is 2. The summed E-state index contributed by atoms with van der Waals surface area (Å²) in [4.78, 5) is 62.5. The summed E-state index contributed by atoms with van der Waals surface area (Å²) in [6.45, 7) is 3.01. The van der Waals surface area contributed by atoms with Crippen molar-refractivity contribution < 1.29 is 37.5 Å². The largest absolute Gasteiger partial charge is 0.399 e. The van der Waals surface area contributed by atoms with Gasteiger partial charge in [0.2, 0.25) is 11.8 Å². The summed E-state index contributed by atoms with van der Waals surface area (Å²) in [5, 5.41) is 7.38. The van der Waals surface area contributed by atoms with Crippen molar-refractivity contribution in [2.24, 2.45) is 0 Å². The second-order valence-corrected chi connectivity index (χ2v) is 14.4. The maximum absolute atomic E-state index is 14.2. The zero-order valence-corrected chi connectivity index (χ0v) is 25.1. The molecule has 0 spiro atoms. The summed E-state index contributed by atoms with van der Waals surface area (Å²) in [5.41, 5.74) is -4.17. The SMILES string of the molecule is Cc1cnn(C2CN(C(=O)[C@@H]3CC[C@@H]4CCCC[C@H](NC(=O)c5cc6cc(C(F)(F)P(=O)(O)O)ccc6s5)C(=O)N43)C2)c1. The molecule has 0 radical (unpaired) electrons. The fourth-order valence-electron chi connectivity index (χ4n) is 6.29. The van der Waals surface area contributed by atoms with Crippen molar-refractivity contribution in [1.82, 2.24) is 24.9 Å². The first-order valence-corrected chi connectivity index (χ1v) is 16.7. The van der Waals surface area contributed by atoms with E-state index in [1.165, 1.54) is 12.1 Å². The monoisotopic (exact) mass is 635 g/mol. The number of rotatable bonds is 6. The van der Waals surface area contributed by atoms with Crippen molar-refractivity contribution in [2.45, 2.75) is 75.3 Å². The Morgan fingerprint density at radius 1 is 1.09 bits per heavy atom. The van der Waals surface area contributed by atoms with Crippen molar-refractivity contribution in [2.75, 3.05) is 13.1 Å². The van der Waals surface area contributed by atoms with Crippen LogP contribution in [0.3, 0.4) is 0 Å². The molecule has 0 saturated carbocycles. The standard InChI is InChI=1S/C28H32F2N5O6PS/c1-16-12-31-34(13-16)20-14-33(15-20)27(38)22-8-7-19-4-2-3-5-21(26(37)35(19)22)32-25(36)24-11-17-10-18(6-9-23(17)43-24)28(29,30)42(39,40)41/h6,9-13,19-22H,2-5,7-8,14-15H2,1H3,(H,32,36)(H2,39,40,41)/t19-,21-,22-/m0/s1. The number of nitrogens with one attached hydrogen (secondary N) is 1. The smallest absolute Gasteiger partial charge is 0.340 e. The molecular formula is C28H32F2N5O6PS. The van der Waals surface area contributed by atoms with E-state index >= 15 is 0 Å². The molecule has 3 saturated heterocycles. The molecule has 15 heteroatoms. The first-order valence-electron chi connectivity index (χ1n) is 14.2. The summed E-state index contributed by atoms with van der Waals surface area (Å²) in [6.07, 6.45) is 7.79. The number of carbonyl (C=O) groups excluding carboxylic acids is 3. The van der Waals surface area contributed by atoms with Gasteiger partial charge in [0.1, 0.15) is 12.1 Å². The van der Waals surface area contributed by atoms with Crippen LogP contribution in [0.25, 0.3) is 10.1 Å². The highest BCUT2D eigenvalue weighted by atomic mass is 32.1. The number of carbonyl (C=O) groups is 3. The number of likely N-dealkylation sites (tertiary alicyclic amines) is 1. The van der Waals surface area contributed by atoms with Crippen molar-refractivity contribution in [3.05, 3.63) is 52.7 Å². The Morgan fingerprint density at radius 3 is 2.53 bits per heavy atom. The molecule has 0 unspecified atom stereocenters. The summed E-state index contributed by atoms with van der Waals surface area (Å²) in [5.74, 6) is -0.936. The highest BCUT2D eigenvalue weighted by Crippen LogP contribution is 2.59. The zero-order chi connectivity index (χ0) is 30.7. The second-order valence-electron chi connectivity index (χ2n) is 11.6. The van der Waals surface area contributed by atoms with E-state index in [2.05, 4.69) is 10.4 Å². The summed E-state index contributed by atoms with van der Waals surface area (Å²) < 4.78 is 42.1. The van der Waals surface area contributed by atoms with E-state index < -0.39 is 36.8 Å². The Morgan fingerprint density at radius 2 is 1.84 bits per heavy atom. The van der Waals surface area contributed by atoms with Gasteiger partial charge in [0, 0.05) is 35.6 Å². The number of halogens is 2. The molecule has 11 nitrogen and oxygen atoms in total. The Kier molecular flexibility index (Phi) is 7.68. The zero-order valence-electron chi connectivity index (χ0n) is 23.4. The number of nitrogens with zero attached hydrogens (tertiary/aromatic N) is 4. The number of hydrogen-bond acceptors (Lipinski definition) is 6. The molecule has 0 bridgehead atoms. The lowest BCUT2D eigenvalue weighted by Gasteiger charge is -2.43. The molecular weight excluding hydrogens is 603 g/mol. The third-order valence-corrected chi connectivity index (χ3v) is 10.8. The number of aryl methyl sites for hydroxylation is 1. The molecule has 3 atom stereocenters. The van der Waals surface area contributed by atoms with E-state index in [9.17, 15) is 27.7 Å². The van der Waals surface area contributed by atoms with E-state index in [4.69, 9.17) is 9.79 Å². The molecule has 0 aliphatic carbocycles. The third kappa shape index (κ3) is 5.50. The fraction of sp³-hybridized carbons (Fsp3) is 0.500. The molecule has 1 aromatic carbocycles. The van der Waals surface area contributed by atoms with Crippen LogP contribution in [0.1, 0.15) is 65.4 Å². The molecule has 6 rings (SSSR count). The first kappa shape index (κ1) is 29.9. The number of aromatic nitrogens is 2. The predicted octanol–water partition coefficient (Wildman–Crippen LogP) is 3.75. The van der Waals surface area contributed by atoms with Gasteiger partial charge >= 0.3 is 13.3 Å². The summed E-state index contributed by atoms with van der Waals surface area (Å²) >= 11 is 1.03. The minimum atomic E-state index is -5.74. The highest BCUT2D eigenvalue weighted by molar-refractivity contribution is 7.52.